The first-order valence-electron chi connectivity index (χ1n) is 7.31. The predicted octanol–water partition coefficient (Wildman–Crippen LogP) is 2.90. The van der Waals surface area contributed by atoms with Gasteiger partial charge in [0.1, 0.15) is 0 Å². The molecule has 0 unspecified atom stereocenters. The Morgan fingerprint density at radius 3 is 2.52 bits per heavy atom. The molecule has 0 radical (unpaired) electrons. The molecule has 1 aromatic heterocycles. The molecule has 0 N–H and O–H groups in total. The highest BCUT2D eigenvalue weighted by atomic mass is 16.2. The molecule has 114 valence electrons. The average Bonchev–Trinajstić information content (AvgIpc) is 2.59. The minimum absolute atomic E-state index is 0.198. The van der Waals surface area contributed by atoms with Crippen LogP contribution in [0, 0.1) is 22.7 Å². The molecule has 0 bridgehead atoms. The highest BCUT2D eigenvalue weighted by Crippen LogP contribution is 2.17. The number of rotatable bonds is 6. The third kappa shape index (κ3) is 4.39. The first kappa shape index (κ1) is 16.2. The van der Waals surface area contributed by atoms with E-state index in [1.165, 1.54) is 11.0 Å². The second kappa shape index (κ2) is 8.31. The number of hydrogen-bond donors (Lipinski definition) is 0. The van der Waals surface area contributed by atoms with Gasteiger partial charge in [0.25, 0.3) is 0 Å². The van der Waals surface area contributed by atoms with Crippen LogP contribution >= 0.6 is 0 Å². The van der Waals surface area contributed by atoms with Crippen LogP contribution in [-0.4, -0.2) is 28.9 Å². The van der Waals surface area contributed by atoms with Crippen LogP contribution in [0.2, 0.25) is 0 Å². The van der Waals surface area contributed by atoms with Crippen molar-refractivity contribution in [3.63, 3.8) is 0 Å². The van der Waals surface area contributed by atoms with Crippen LogP contribution in [0.4, 0.5) is 0 Å². The van der Waals surface area contributed by atoms with Crippen LogP contribution in [0.25, 0.3) is 17.0 Å². The summed E-state index contributed by atoms with van der Waals surface area (Å²) in [4.78, 5) is 18.1. The summed E-state index contributed by atoms with van der Waals surface area (Å²) in [7, 11) is 0. The third-order valence-electron chi connectivity index (χ3n) is 3.39. The van der Waals surface area contributed by atoms with Gasteiger partial charge in [-0.15, -0.1) is 0 Å². The molecule has 5 heteroatoms. The van der Waals surface area contributed by atoms with Gasteiger partial charge in [0.05, 0.1) is 30.5 Å². The largest absolute Gasteiger partial charge is 0.337 e. The van der Waals surface area contributed by atoms with Crippen molar-refractivity contribution in [3.8, 4) is 12.1 Å². The normalized spacial score (nSPS) is 10.3. The first-order chi connectivity index (χ1) is 11.3. The molecule has 0 aliphatic heterocycles. The molecule has 23 heavy (non-hydrogen) atoms. The number of pyridine rings is 1. The maximum absolute atomic E-state index is 12.3. The van der Waals surface area contributed by atoms with Gasteiger partial charge in [0.2, 0.25) is 5.91 Å². The van der Waals surface area contributed by atoms with E-state index < -0.39 is 0 Å². The second-order valence-electron chi connectivity index (χ2n) is 4.89. The highest BCUT2D eigenvalue weighted by molar-refractivity contribution is 5.95. The summed E-state index contributed by atoms with van der Waals surface area (Å²) < 4.78 is 0. The minimum Gasteiger partial charge on any atom is -0.337 e. The van der Waals surface area contributed by atoms with E-state index >= 15 is 0 Å². The Kier molecular flexibility index (Phi) is 5.85. The summed E-state index contributed by atoms with van der Waals surface area (Å²) in [6.45, 7) is 0.664. The van der Waals surface area contributed by atoms with Crippen LogP contribution in [-0.2, 0) is 4.79 Å². The quantitative estimate of drug-likeness (QED) is 0.768. The Morgan fingerprint density at radius 2 is 1.83 bits per heavy atom. The maximum Gasteiger partial charge on any atom is 0.246 e. The zero-order chi connectivity index (χ0) is 16.5. The Morgan fingerprint density at radius 1 is 1.13 bits per heavy atom. The number of nitriles is 2. The summed E-state index contributed by atoms with van der Waals surface area (Å²) in [6.07, 6.45) is 5.44. The zero-order valence-electron chi connectivity index (χ0n) is 12.6. The number of amides is 1. The molecule has 1 heterocycles. The van der Waals surface area contributed by atoms with E-state index in [0.29, 0.717) is 13.1 Å². The van der Waals surface area contributed by atoms with Gasteiger partial charge < -0.3 is 4.90 Å². The Bertz CT molecular complexity index is 775. The lowest BCUT2D eigenvalue weighted by molar-refractivity contribution is -0.125. The van der Waals surface area contributed by atoms with Crippen molar-refractivity contribution in [1.29, 1.82) is 10.5 Å². The topological polar surface area (TPSA) is 80.8 Å². The second-order valence-corrected chi connectivity index (χ2v) is 4.89. The molecule has 0 aliphatic carbocycles. The number of aromatic nitrogens is 1. The molecule has 1 aromatic carbocycles. The smallest absolute Gasteiger partial charge is 0.246 e. The standard InChI is InChI=1S/C18H16N4O/c19-10-3-13-22(14-4-11-20)18(23)8-7-15-9-12-21-17-6-2-1-5-16(15)17/h1-2,5-9,12H,3-4,13-14H2/b8-7+. The molecule has 1 amide bonds. The maximum atomic E-state index is 12.3. The molecule has 0 atom stereocenters. The number of hydrogen-bond acceptors (Lipinski definition) is 4. The molecule has 2 aromatic rings. The van der Waals surface area contributed by atoms with Crippen molar-refractivity contribution in [2.45, 2.75) is 12.8 Å². The molecule has 0 saturated carbocycles. The molecular formula is C18H16N4O. The van der Waals surface area contributed by atoms with Crippen LogP contribution in [0.5, 0.6) is 0 Å². The fraction of sp³-hybridized carbons (Fsp3) is 0.222. The van der Waals surface area contributed by atoms with Crippen molar-refractivity contribution < 1.29 is 4.79 Å². The fourth-order valence-electron chi connectivity index (χ4n) is 2.23. The molecule has 0 saturated heterocycles. The first-order valence-corrected chi connectivity index (χ1v) is 7.31. The van der Waals surface area contributed by atoms with E-state index in [4.69, 9.17) is 10.5 Å². The molecule has 2 rings (SSSR count). The van der Waals surface area contributed by atoms with Crippen molar-refractivity contribution in [2.75, 3.05) is 13.1 Å². The number of benzene rings is 1. The lowest BCUT2D eigenvalue weighted by atomic mass is 10.1. The monoisotopic (exact) mass is 304 g/mol. The van der Waals surface area contributed by atoms with Gasteiger partial charge in [-0.05, 0) is 23.8 Å². The molecule has 5 nitrogen and oxygen atoms in total. The Balaban J connectivity index is 2.17. The Labute approximate surface area is 135 Å². The number of carbonyl (C=O) groups is 1. The average molecular weight is 304 g/mol. The summed E-state index contributed by atoms with van der Waals surface area (Å²) in [5, 5.41) is 18.3. The lowest BCUT2D eigenvalue weighted by Crippen LogP contribution is -2.31. The number of para-hydroxylation sites is 1. The van der Waals surface area contributed by atoms with Gasteiger partial charge in [0, 0.05) is 30.7 Å². The fourth-order valence-corrected chi connectivity index (χ4v) is 2.23. The van der Waals surface area contributed by atoms with Crippen molar-refractivity contribution in [3.05, 3.63) is 48.2 Å². The molecule has 0 spiro atoms. The SMILES string of the molecule is N#CCCN(CCC#N)C(=O)/C=C/c1ccnc2ccccc12. The lowest BCUT2D eigenvalue weighted by Gasteiger charge is -2.18. The number of carbonyl (C=O) groups excluding carboxylic acids is 1. The van der Waals surface area contributed by atoms with Crippen LogP contribution in [0.15, 0.2) is 42.6 Å². The van der Waals surface area contributed by atoms with Gasteiger partial charge in [0.15, 0.2) is 0 Å². The van der Waals surface area contributed by atoms with E-state index in [9.17, 15) is 4.79 Å². The predicted molar refractivity (Wildman–Crippen MR) is 87.8 cm³/mol. The van der Waals surface area contributed by atoms with E-state index in [1.54, 1.807) is 12.3 Å². The van der Waals surface area contributed by atoms with E-state index in [0.717, 1.165) is 16.5 Å². The van der Waals surface area contributed by atoms with E-state index in [2.05, 4.69) is 4.98 Å². The van der Waals surface area contributed by atoms with Crippen LogP contribution < -0.4 is 0 Å². The number of nitrogens with zero attached hydrogens (tertiary/aromatic N) is 4. The van der Waals surface area contributed by atoms with Crippen molar-refractivity contribution >= 4 is 22.9 Å². The van der Waals surface area contributed by atoms with Gasteiger partial charge in [-0.2, -0.15) is 10.5 Å². The van der Waals surface area contributed by atoms with Gasteiger partial charge >= 0.3 is 0 Å². The van der Waals surface area contributed by atoms with Gasteiger partial charge in [-0.1, -0.05) is 18.2 Å². The van der Waals surface area contributed by atoms with Crippen molar-refractivity contribution in [1.82, 2.24) is 9.88 Å². The summed E-state index contributed by atoms with van der Waals surface area (Å²) in [6, 6.07) is 13.6. The zero-order valence-corrected chi connectivity index (χ0v) is 12.6. The molecule has 0 aliphatic rings. The highest BCUT2D eigenvalue weighted by Gasteiger charge is 2.10. The molecular weight excluding hydrogens is 288 g/mol. The Hall–Kier alpha value is -3.18. The molecule has 0 fully saturated rings. The van der Waals surface area contributed by atoms with E-state index in [-0.39, 0.29) is 18.7 Å². The van der Waals surface area contributed by atoms with Gasteiger partial charge in [-0.25, -0.2) is 0 Å². The number of fused-ring (bicyclic) bond motifs is 1. The van der Waals surface area contributed by atoms with Gasteiger partial charge in [-0.3, -0.25) is 9.78 Å². The van der Waals surface area contributed by atoms with Crippen molar-refractivity contribution in [2.24, 2.45) is 0 Å². The minimum atomic E-state index is -0.198. The summed E-state index contributed by atoms with van der Waals surface area (Å²) >= 11 is 0. The van der Waals surface area contributed by atoms with Crippen LogP contribution in [0.3, 0.4) is 0 Å². The summed E-state index contributed by atoms with van der Waals surface area (Å²) in [5.41, 5.74) is 1.78. The summed E-state index contributed by atoms with van der Waals surface area (Å²) in [5.74, 6) is -0.198. The third-order valence-corrected chi connectivity index (χ3v) is 3.39. The van der Waals surface area contributed by atoms with E-state index in [1.807, 2.05) is 42.5 Å². The van der Waals surface area contributed by atoms with Crippen LogP contribution in [0.1, 0.15) is 18.4 Å².